The molecule has 0 aliphatic carbocycles. The molecule has 0 saturated carbocycles. The number of fused-ring (bicyclic) bond motifs is 2. The number of benzene rings is 1. The van der Waals surface area contributed by atoms with Crippen molar-refractivity contribution in [3.05, 3.63) is 77.2 Å². The van der Waals surface area contributed by atoms with E-state index < -0.39 is 5.91 Å². The van der Waals surface area contributed by atoms with E-state index in [1.165, 1.54) is 11.1 Å². The van der Waals surface area contributed by atoms with Crippen LogP contribution in [0.25, 0.3) is 0 Å². The molecule has 3 aromatic rings. The van der Waals surface area contributed by atoms with Crippen LogP contribution in [0.4, 0.5) is 5.69 Å². The third-order valence-corrected chi connectivity index (χ3v) is 4.39. The Morgan fingerprint density at radius 1 is 1.11 bits per heavy atom. The van der Waals surface area contributed by atoms with Crippen LogP contribution >= 0.6 is 11.6 Å². The first-order chi connectivity index (χ1) is 13.6. The van der Waals surface area contributed by atoms with Crippen LogP contribution in [-0.2, 0) is 11.3 Å². The lowest BCUT2D eigenvalue weighted by atomic mass is 10.2. The van der Waals surface area contributed by atoms with Crippen molar-refractivity contribution in [3.63, 3.8) is 0 Å². The van der Waals surface area contributed by atoms with Crippen LogP contribution in [0.3, 0.4) is 0 Å². The molecule has 7 nitrogen and oxygen atoms in total. The number of carbonyl (C=O) groups excluding carboxylic acids is 2. The predicted octanol–water partition coefficient (Wildman–Crippen LogP) is 3.20. The third kappa shape index (κ3) is 3.65. The van der Waals surface area contributed by atoms with Crippen molar-refractivity contribution in [1.82, 2.24) is 15.3 Å². The van der Waals surface area contributed by atoms with Crippen LogP contribution in [0.5, 0.6) is 11.6 Å². The fourth-order valence-corrected chi connectivity index (χ4v) is 3.00. The molecule has 140 valence electrons. The molecule has 3 heterocycles. The number of anilines is 1. The summed E-state index contributed by atoms with van der Waals surface area (Å²) in [6.07, 6.45) is 3.19. The molecule has 0 atom stereocenters. The molecular formula is C20H15ClN4O3. The lowest BCUT2D eigenvalue weighted by Gasteiger charge is -2.21. The Balaban J connectivity index is 1.62. The first-order valence-corrected chi connectivity index (χ1v) is 8.90. The molecular weight excluding hydrogens is 380 g/mol. The van der Waals surface area contributed by atoms with Gasteiger partial charge in [0.2, 0.25) is 11.8 Å². The topological polar surface area (TPSA) is 84.4 Å². The lowest BCUT2D eigenvalue weighted by Crippen LogP contribution is -2.40. The smallest absolute Gasteiger partial charge is 0.264 e. The van der Waals surface area contributed by atoms with Crippen LogP contribution in [0, 0.1) is 0 Å². The van der Waals surface area contributed by atoms with E-state index in [2.05, 4.69) is 15.3 Å². The van der Waals surface area contributed by atoms with Gasteiger partial charge in [0.15, 0.2) is 5.75 Å². The highest BCUT2D eigenvalue weighted by Crippen LogP contribution is 2.39. The van der Waals surface area contributed by atoms with E-state index in [1.54, 1.807) is 42.6 Å². The lowest BCUT2D eigenvalue weighted by molar-refractivity contribution is -0.119. The number of ether oxygens (including phenoxy) is 1. The molecule has 8 heteroatoms. The van der Waals surface area contributed by atoms with E-state index in [1.807, 2.05) is 12.1 Å². The fraction of sp³-hybridized carbons (Fsp3) is 0.100. The molecule has 1 aliphatic rings. The molecule has 2 aromatic heterocycles. The summed E-state index contributed by atoms with van der Waals surface area (Å²) in [4.78, 5) is 35.2. The number of amides is 2. The molecule has 0 fully saturated rings. The monoisotopic (exact) mass is 394 g/mol. The normalized spacial score (nSPS) is 12.5. The molecule has 0 saturated heterocycles. The average molecular weight is 395 g/mol. The summed E-state index contributed by atoms with van der Waals surface area (Å²) in [6.45, 7) is 0.0649. The number of aromatic nitrogens is 2. The van der Waals surface area contributed by atoms with Gasteiger partial charge >= 0.3 is 0 Å². The zero-order valence-corrected chi connectivity index (χ0v) is 15.4. The molecule has 4 rings (SSSR count). The maximum atomic E-state index is 13.1. The molecule has 0 unspecified atom stereocenters. The summed E-state index contributed by atoms with van der Waals surface area (Å²) in [7, 11) is 0. The van der Waals surface area contributed by atoms with E-state index in [0.717, 1.165) is 5.69 Å². The van der Waals surface area contributed by atoms with Gasteiger partial charge in [-0.05, 0) is 42.5 Å². The van der Waals surface area contributed by atoms with E-state index in [-0.39, 0.29) is 30.4 Å². The molecule has 1 N–H and O–H groups in total. The largest absolute Gasteiger partial charge is 0.436 e. The Bertz CT molecular complexity index is 1040. The number of hydrogen-bond acceptors (Lipinski definition) is 5. The Morgan fingerprint density at radius 2 is 1.96 bits per heavy atom. The minimum absolute atomic E-state index is 0.187. The maximum absolute atomic E-state index is 13.1. The minimum Gasteiger partial charge on any atom is -0.436 e. The zero-order valence-electron chi connectivity index (χ0n) is 14.6. The Kier molecular flexibility index (Phi) is 4.90. The van der Waals surface area contributed by atoms with Gasteiger partial charge in [0, 0.05) is 17.4 Å². The number of halogens is 1. The van der Waals surface area contributed by atoms with Gasteiger partial charge in [-0.3, -0.25) is 19.5 Å². The first kappa shape index (κ1) is 17.9. The molecule has 2 amide bonds. The minimum atomic E-state index is -0.392. The number of nitrogens with zero attached hydrogens (tertiary/aromatic N) is 3. The summed E-state index contributed by atoms with van der Waals surface area (Å²) in [5, 5.41) is 3.20. The van der Waals surface area contributed by atoms with Gasteiger partial charge in [-0.1, -0.05) is 17.7 Å². The van der Waals surface area contributed by atoms with Crippen molar-refractivity contribution in [2.75, 3.05) is 11.4 Å². The second-order valence-corrected chi connectivity index (χ2v) is 6.50. The quantitative estimate of drug-likeness (QED) is 0.734. The molecule has 1 aromatic carbocycles. The predicted molar refractivity (Wildman–Crippen MR) is 104 cm³/mol. The Labute approximate surface area is 165 Å². The third-order valence-electron chi connectivity index (χ3n) is 4.16. The zero-order chi connectivity index (χ0) is 19.5. The molecule has 0 spiro atoms. The summed E-state index contributed by atoms with van der Waals surface area (Å²) in [5.41, 5.74) is 1.40. The van der Waals surface area contributed by atoms with Crippen molar-refractivity contribution in [1.29, 1.82) is 0 Å². The van der Waals surface area contributed by atoms with E-state index in [4.69, 9.17) is 16.3 Å². The van der Waals surface area contributed by atoms with Crippen molar-refractivity contribution in [2.45, 2.75) is 6.54 Å². The summed E-state index contributed by atoms with van der Waals surface area (Å²) < 4.78 is 5.79. The van der Waals surface area contributed by atoms with Crippen LogP contribution in [0.1, 0.15) is 16.1 Å². The van der Waals surface area contributed by atoms with Gasteiger partial charge in [0.05, 0.1) is 17.9 Å². The van der Waals surface area contributed by atoms with Gasteiger partial charge in [0.25, 0.3) is 5.91 Å². The van der Waals surface area contributed by atoms with Gasteiger partial charge in [0.1, 0.15) is 12.1 Å². The van der Waals surface area contributed by atoms with E-state index in [0.29, 0.717) is 16.5 Å². The second kappa shape index (κ2) is 7.66. The molecule has 0 radical (unpaired) electrons. The molecule has 1 aliphatic heterocycles. The van der Waals surface area contributed by atoms with E-state index in [9.17, 15) is 9.59 Å². The van der Waals surface area contributed by atoms with Crippen molar-refractivity contribution < 1.29 is 14.3 Å². The fourth-order valence-electron chi connectivity index (χ4n) is 2.83. The Morgan fingerprint density at radius 3 is 2.79 bits per heavy atom. The molecule has 28 heavy (non-hydrogen) atoms. The highest BCUT2D eigenvalue weighted by Gasteiger charge is 2.30. The second-order valence-electron chi connectivity index (χ2n) is 6.06. The molecule has 0 bridgehead atoms. The Hall–Kier alpha value is -3.45. The van der Waals surface area contributed by atoms with Crippen LogP contribution in [0.2, 0.25) is 5.02 Å². The summed E-state index contributed by atoms with van der Waals surface area (Å²) >= 11 is 6.11. The number of nitrogens with one attached hydrogen (secondary N) is 1. The summed E-state index contributed by atoms with van der Waals surface area (Å²) in [6, 6.07) is 13.6. The SMILES string of the molecule is O=C(CN1C(=O)c2cccnc2Oc2ccc(Cl)cc21)NCc1ccccn1. The highest BCUT2D eigenvalue weighted by atomic mass is 35.5. The van der Waals surface area contributed by atoms with Crippen LogP contribution < -0.4 is 15.0 Å². The number of carbonyl (C=O) groups is 2. The van der Waals surface area contributed by atoms with Crippen LogP contribution in [0.15, 0.2) is 60.9 Å². The standard InChI is InChI=1S/C20H15ClN4O3/c21-13-6-7-17-16(10-13)25(20(27)15-5-3-9-23-19(15)28-17)12-18(26)24-11-14-4-1-2-8-22-14/h1-10H,11-12H2,(H,24,26). The van der Waals surface area contributed by atoms with Gasteiger partial charge in [-0.2, -0.15) is 0 Å². The summed E-state index contributed by atoms with van der Waals surface area (Å²) in [5.74, 6) is -0.144. The van der Waals surface area contributed by atoms with Crippen molar-refractivity contribution in [3.8, 4) is 11.6 Å². The number of pyridine rings is 2. The van der Waals surface area contributed by atoms with Crippen molar-refractivity contribution in [2.24, 2.45) is 0 Å². The van der Waals surface area contributed by atoms with Gasteiger partial charge in [-0.25, -0.2) is 4.98 Å². The maximum Gasteiger partial charge on any atom is 0.264 e. The number of rotatable bonds is 4. The van der Waals surface area contributed by atoms with Gasteiger partial charge < -0.3 is 10.1 Å². The van der Waals surface area contributed by atoms with Crippen LogP contribution in [-0.4, -0.2) is 28.3 Å². The average Bonchev–Trinajstić information content (AvgIpc) is 2.83. The van der Waals surface area contributed by atoms with E-state index >= 15 is 0 Å². The first-order valence-electron chi connectivity index (χ1n) is 8.53. The van der Waals surface area contributed by atoms with Crippen molar-refractivity contribution >= 4 is 29.1 Å². The van der Waals surface area contributed by atoms with Gasteiger partial charge in [-0.15, -0.1) is 0 Å². The number of hydrogen-bond donors (Lipinski definition) is 1. The highest BCUT2D eigenvalue weighted by molar-refractivity contribution is 6.31.